The van der Waals surface area contributed by atoms with Gasteiger partial charge in [-0.3, -0.25) is 29.0 Å². The fourth-order valence-corrected chi connectivity index (χ4v) is 6.19. The summed E-state index contributed by atoms with van der Waals surface area (Å²) < 4.78 is 11.1. The average molecular weight is 726 g/mol. The minimum atomic E-state index is -1.16. The van der Waals surface area contributed by atoms with Crippen LogP contribution in [0.4, 0.5) is 0 Å². The number of methoxy groups -OCH3 is 1. The van der Waals surface area contributed by atoms with E-state index in [2.05, 4.69) is 31.2 Å². The molecule has 280 valence electrons. The summed E-state index contributed by atoms with van der Waals surface area (Å²) >= 11 is 0. The van der Waals surface area contributed by atoms with Gasteiger partial charge >= 0.3 is 0 Å². The van der Waals surface area contributed by atoms with Crippen molar-refractivity contribution in [1.82, 2.24) is 36.1 Å². The summed E-state index contributed by atoms with van der Waals surface area (Å²) in [5.74, 6) is -2.28. The summed E-state index contributed by atoms with van der Waals surface area (Å²) in [6.07, 6.45) is 3.53. The summed E-state index contributed by atoms with van der Waals surface area (Å²) in [5, 5.41) is 12.3. The Morgan fingerprint density at radius 1 is 1.02 bits per heavy atom. The molecule has 2 aromatic carbocycles. The lowest BCUT2D eigenvalue weighted by Gasteiger charge is -2.30. The predicted octanol–water partition coefficient (Wildman–Crippen LogP) is 2.06. The molecule has 2 aliphatic heterocycles. The summed E-state index contributed by atoms with van der Waals surface area (Å²) in [6.45, 7) is 5.44. The maximum atomic E-state index is 14.5. The van der Waals surface area contributed by atoms with E-state index in [-0.39, 0.29) is 51.0 Å². The molecule has 0 unspecified atom stereocenters. The number of amides is 5. The number of nitrogens with zero attached hydrogens (tertiary/aromatic N) is 2. The second kappa shape index (κ2) is 18.1. The standard InChI is InChI=1S/C39H47N7O7/c1-24(2)35-38(50)41-16-18-53-28-13-11-26(12-14-28)20-32(43-36(48)29-9-7-15-40-25(29)3)37(49)44-33(21-27-22-42-31-10-6-5-8-30(27)31)39(51)46(17-19-52-4)23-34(47)45-35/h5-15,22,24,32-33,35,42H,16-21,23H2,1-4H3,(H,41,50)(H,43,48)(H,44,49)(H,45,47)/t32-,33-,35-/m0/s1. The van der Waals surface area contributed by atoms with Gasteiger partial charge in [0.2, 0.25) is 23.6 Å². The molecule has 14 nitrogen and oxygen atoms in total. The molecule has 6 rings (SSSR count). The lowest BCUT2D eigenvalue weighted by molar-refractivity contribution is -0.141. The van der Waals surface area contributed by atoms with Crippen LogP contribution in [0.1, 0.15) is 41.0 Å². The Hall–Kier alpha value is -5.76. The van der Waals surface area contributed by atoms with E-state index in [4.69, 9.17) is 9.47 Å². The number of pyridine rings is 1. The first-order chi connectivity index (χ1) is 25.5. The number of hydrogen-bond donors (Lipinski definition) is 5. The molecule has 14 heteroatoms. The molecule has 0 saturated heterocycles. The third kappa shape index (κ3) is 10.2. The Kier molecular flexibility index (Phi) is 13.2. The van der Waals surface area contributed by atoms with Crippen molar-refractivity contribution in [3.8, 4) is 5.75 Å². The van der Waals surface area contributed by atoms with E-state index < -0.39 is 48.3 Å². The Labute approximate surface area is 308 Å². The molecule has 0 spiro atoms. The molecule has 2 bridgehead atoms. The van der Waals surface area contributed by atoms with Gasteiger partial charge in [-0.05, 0) is 54.3 Å². The second-order valence-corrected chi connectivity index (χ2v) is 13.3. The second-order valence-electron chi connectivity index (χ2n) is 13.3. The number of rotatable bonds is 8. The maximum absolute atomic E-state index is 14.5. The number of para-hydroxylation sites is 1. The van der Waals surface area contributed by atoms with Gasteiger partial charge < -0.3 is 40.6 Å². The van der Waals surface area contributed by atoms with E-state index >= 15 is 0 Å². The van der Waals surface area contributed by atoms with Crippen LogP contribution in [0.5, 0.6) is 5.75 Å². The van der Waals surface area contributed by atoms with Gasteiger partial charge in [-0.25, -0.2) is 0 Å². The number of fused-ring (bicyclic) bond motifs is 18. The van der Waals surface area contributed by atoms with Gasteiger partial charge in [-0.1, -0.05) is 44.2 Å². The number of aromatic nitrogens is 2. The summed E-state index contributed by atoms with van der Waals surface area (Å²) in [7, 11) is 1.48. The normalized spacial score (nSPS) is 19.3. The number of nitrogens with one attached hydrogen (secondary N) is 5. The molecule has 0 radical (unpaired) electrons. The third-order valence-corrected chi connectivity index (χ3v) is 9.10. The molecule has 4 heterocycles. The zero-order chi connectivity index (χ0) is 37.9. The third-order valence-electron chi connectivity index (χ3n) is 9.10. The molecule has 5 amide bonds. The van der Waals surface area contributed by atoms with Crippen molar-refractivity contribution in [1.29, 1.82) is 0 Å². The van der Waals surface area contributed by atoms with Crippen molar-refractivity contribution in [2.45, 2.75) is 51.7 Å². The van der Waals surface area contributed by atoms with Crippen LogP contribution in [-0.2, 0) is 36.8 Å². The number of H-pyrrole nitrogens is 1. The number of carbonyl (C=O) groups is 5. The Balaban J connectivity index is 1.53. The lowest BCUT2D eigenvalue weighted by atomic mass is 10.0. The monoisotopic (exact) mass is 725 g/mol. The highest BCUT2D eigenvalue weighted by Gasteiger charge is 2.33. The summed E-state index contributed by atoms with van der Waals surface area (Å²) in [5.41, 5.74) is 3.15. The van der Waals surface area contributed by atoms with E-state index in [1.165, 1.54) is 12.0 Å². The number of benzene rings is 2. The first-order valence-electron chi connectivity index (χ1n) is 17.7. The summed E-state index contributed by atoms with van der Waals surface area (Å²) in [4.78, 5) is 77.8. The van der Waals surface area contributed by atoms with Crippen molar-refractivity contribution in [2.24, 2.45) is 5.92 Å². The van der Waals surface area contributed by atoms with Crippen LogP contribution in [0.2, 0.25) is 0 Å². The van der Waals surface area contributed by atoms with Gasteiger partial charge in [0.15, 0.2) is 0 Å². The highest BCUT2D eigenvalue weighted by Crippen LogP contribution is 2.21. The molecule has 53 heavy (non-hydrogen) atoms. The van der Waals surface area contributed by atoms with Gasteiger partial charge in [0.1, 0.15) is 30.5 Å². The van der Waals surface area contributed by atoms with Crippen LogP contribution < -0.4 is 26.0 Å². The van der Waals surface area contributed by atoms with Crippen molar-refractivity contribution in [3.63, 3.8) is 0 Å². The van der Waals surface area contributed by atoms with Crippen LogP contribution in [0.15, 0.2) is 73.1 Å². The van der Waals surface area contributed by atoms with Gasteiger partial charge in [-0.15, -0.1) is 0 Å². The highest BCUT2D eigenvalue weighted by molar-refractivity contribution is 5.99. The van der Waals surface area contributed by atoms with Crippen molar-refractivity contribution < 1.29 is 33.4 Å². The van der Waals surface area contributed by atoms with E-state index in [1.807, 2.05) is 38.1 Å². The Morgan fingerprint density at radius 3 is 2.53 bits per heavy atom. The first kappa shape index (κ1) is 38.5. The van der Waals surface area contributed by atoms with Crippen molar-refractivity contribution in [2.75, 3.05) is 40.0 Å². The predicted molar refractivity (Wildman–Crippen MR) is 198 cm³/mol. The number of ether oxygens (including phenoxy) is 2. The zero-order valence-electron chi connectivity index (χ0n) is 30.4. The highest BCUT2D eigenvalue weighted by atomic mass is 16.5. The fraction of sp³-hybridized carbons (Fsp3) is 0.385. The van der Waals surface area contributed by atoms with Gasteiger partial charge in [-0.2, -0.15) is 0 Å². The number of hydrogen-bond acceptors (Lipinski definition) is 8. The fourth-order valence-electron chi connectivity index (χ4n) is 6.19. The van der Waals surface area contributed by atoms with Gasteiger partial charge in [0.05, 0.1) is 25.3 Å². The van der Waals surface area contributed by atoms with E-state index in [0.717, 1.165) is 22.0 Å². The van der Waals surface area contributed by atoms with Crippen molar-refractivity contribution >= 4 is 40.4 Å². The minimum absolute atomic E-state index is 0.0334. The maximum Gasteiger partial charge on any atom is 0.253 e. The van der Waals surface area contributed by atoms with Crippen LogP contribution >= 0.6 is 0 Å². The van der Waals surface area contributed by atoms with Gasteiger partial charge in [0, 0.05) is 55.5 Å². The molecule has 2 aliphatic rings. The van der Waals surface area contributed by atoms with Crippen molar-refractivity contribution in [3.05, 3.63) is 95.4 Å². The van der Waals surface area contributed by atoms with E-state index in [9.17, 15) is 24.0 Å². The molecule has 0 aliphatic carbocycles. The smallest absolute Gasteiger partial charge is 0.253 e. The molecule has 2 aromatic heterocycles. The van der Waals surface area contributed by atoms with Crippen LogP contribution in [0, 0.1) is 12.8 Å². The zero-order valence-corrected chi connectivity index (χ0v) is 30.4. The lowest BCUT2D eigenvalue weighted by Crippen LogP contribution is -2.58. The Morgan fingerprint density at radius 2 is 1.79 bits per heavy atom. The first-order valence-corrected chi connectivity index (χ1v) is 17.7. The number of carbonyl (C=O) groups excluding carboxylic acids is 5. The largest absolute Gasteiger partial charge is 0.492 e. The molecular formula is C39H47N7O7. The molecule has 4 aromatic rings. The van der Waals surface area contributed by atoms with E-state index in [1.54, 1.807) is 55.7 Å². The van der Waals surface area contributed by atoms with Gasteiger partial charge in [0.25, 0.3) is 5.91 Å². The molecule has 3 atom stereocenters. The Bertz CT molecular complexity index is 1910. The van der Waals surface area contributed by atoms with Crippen LogP contribution in [0.25, 0.3) is 10.9 Å². The molecule has 5 N–H and O–H groups in total. The quantitative estimate of drug-likeness (QED) is 0.171. The van der Waals surface area contributed by atoms with Crippen LogP contribution in [-0.4, -0.2) is 102 Å². The molecular weight excluding hydrogens is 678 g/mol. The number of aromatic amines is 1. The SMILES string of the molecule is COCCN1CC(=O)N[C@@H](C(C)C)C(=O)NCCOc2ccc(cc2)C[C@H](NC(=O)c2cccnc2C)C(=O)N[C@@H](Cc2c[nH]c3ccccc23)C1=O. The molecule has 0 fully saturated rings. The van der Waals surface area contributed by atoms with Crippen LogP contribution in [0.3, 0.4) is 0 Å². The summed E-state index contributed by atoms with van der Waals surface area (Å²) in [6, 6.07) is 14.8. The average Bonchev–Trinajstić information content (AvgIpc) is 3.55. The topological polar surface area (TPSA) is 184 Å². The van der Waals surface area contributed by atoms with E-state index in [0.29, 0.717) is 17.0 Å². The minimum Gasteiger partial charge on any atom is -0.492 e. The molecule has 0 saturated carbocycles. The number of aryl methyl sites for hydroxylation is 1.